The summed E-state index contributed by atoms with van der Waals surface area (Å²) in [4.78, 5) is 1.46. The Balaban J connectivity index is 2.00. The van der Waals surface area contributed by atoms with Crippen molar-refractivity contribution < 1.29 is 4.74 Å². The van der Waals surface area contributed by atoms with Crippen molar-refractivity contribution in [1.29, 1.82) is 0 Å². The lowest BCUT2D eigenvalue weighted by atomic mass is 10.2. The number of hydrogen-bond acceptors (Lipinski definition) is 3. The number of rotatable bonds is 8. The minimum Gasteiger partial charge on any atom is -0.379 e. The maximum atomic E-state index is 5.49. The number of hydrogen-bond donors (Lipinski definition) is 1. The van der Waals surface area contributed by atoms with Crippen LogP contribution in [0.15, 0.2) is 17.5 Å². The van der Waals surface area contributed by atoms with Crippen LogP contribution in [0, 0.1) is 0 Å². The molecule has 1 atom stereocenters. The second kappa shape index (κ2) is 7.82. The fraction of sp³-hybridized carbons (Fsp3) is 0.692. The van der Waals surface area contributed by atoms with Crippen LogP contribution in [0.25, 0.3) is 0 Å². The molecule has 0 saturated heterocycles. The van der Waals surface area contributed by atoms with Crippen LogP contribution in [0.1, 0.15) is 32.1 Å². The Bertz CT molecular complexity index is 259. The van der Waals surface area contributed by atoms with E-state index in [-0.39, 0.29) is 0 Å². The van der Waals surface area contributed by atoms with Crippen molar-refractivity contribution >= 4 is 11.3 Å². The Labute approximate surface area is 103 Å². The summed E-state index contributed by atoms with van der Waals surface area (Å²) in [5.41, 5.74) is 0. The first kappa shape index (κ1) is 13.7. The molecule has 2 nitrogen and oxygen atoms in total. The van der Waals surface area contributed by atoms with E-state index < -0.39 is 0 Å². The lowest BCUT2D eigenvalue weighted by molar-refractivity contribution is 0.0768. The van der Waals surface area contributed by atoms with Gasteiger partial charge in [-0.3, -0.25) is 0 Å². The molecule has 92 valence electrons. The standard InChI is InChI=1S/C13H23NOS/c1-11(2)15-8-5-7-14-12(3)10-13-6-4-9-16-13/h4,6,9,11-12,14H,5,7-8,10H2,1-3H3. The van der Waals surface area contributed by atoms with Crippen molar-refractivity contribution in [2.75, 3.05) is 13.2 Å². The molecule has 0 fully saturated rings. The third kappa shape index (κ3) is 6.26. The van der Waals surface area contributed by atoms with Gasteiger partial charge in [-0.2, -0.15) is 0 Å². The van der Waals surface area contributed by atoms with E-state index in [2.05, 4.69) is 43.6 Å². The zero-order chi connectivity index (χ0) is 11.8. The maximum absolute atomic E-state index is 5.49. The largest absolute Gasteiger partial charge is 0.379 e. The molecule has 0 aliphatic rings. The predicted octanol–water partition coefficient (Wildman–Crippen LogP) is 3.08. The van der Waals surface area contributed by atoms with E-state index in [4.69, 9.17) is 4.74 Å². The van der Waals surface area contributed by atoms with Crippen LogP contribution in [-0.4, -0.2) is 25.3 Å². The Morgan fingerprint density at radius 1 is 1.38 bits per heavy atom. The van der Waals surface area contributed by atoms with Crippen molar-refractivity contribution in [3.63, 3.8) is 0 Å². The highest BCUT2D eigenvalue weighted by Gasteiger charge is 2.03. The molecule has 0 aliphatic carbocycles. The Hall–Kier alpha value is -0.380. The van der Waals surface area contributed by atoms with Gasteiger partial charge in [0.25, 0.3) is 0 Å². The molecule has 0 spiro atoms. The van der Waals surface area contributed by atoms with E-state index >= 15 is 0 Å². The fourth-order valence-electron chi connectivity index (χ4n) is 1.54. The van der Waals surface area contributed by atoms with E-state index in [1.54, 1.807) is 0 Å². The van der Waals surface area contributed by atoms with Crippen LogP contribution < -0.4 is 5.32 Å². The lowest BCUT2D eigenvalue weighted by Crippen LogP contribution is -2.29. The third-order valence-corrected chi connectivity index (χ3v) is 3.25. The number of thiophene rings is 1. The summed E-state index contributed by atoms with van der Waals surface area (Å²) in [7, 11) is 0. The van der Waals surface area contributed by atoms with Crippen molar-refractivity contribution in [2.24, 2.45) is 0 Å². The molecule has 1 aromatic rings. The molecule has 0 aliphatic heterocycles. The topological polar surface area (TPSA) is 21.3 Å². The van der Waals surface area contributed by atoms with Crippen LogP contribution in [0.4, 0.5) is 0 Å². The molecule has 1 rings (SSSR count). The quantitative estimate of drug-likeness (QED) is 0.706. The van der Waals surface area contributed by atoms with Crippen LogP contribution in [0.2, 0.25) is 0 Å². The van der Waals surface area contributed by atoms with Crippen LogP contribution in [0.3, 0.4) is 0 Å². The first-order valence-electron chi connectivity index (χ1n) is 6.06. The van der Waals surface area contributed by atoms with Crippen molar-refractivity contribution in [3.05, 3.63) is 22.4 Å². The normalized spacial score (nSPS) is 13.2. The monoisotopic (exact) mass is 241 g/mol. The van der Waals surface area contributed by atoms with E-state index in [9.17, 15) is 0 Å². The third-order valence-electron chi connectivity index (χ3n) is 2.35. The SMILES string of the molecule is CC(Cc1cccs1)NCCCOC(C)C. The number of ether oxygens (including phenoxy) is 1. The van der Waals surface area contributed by atoms with E-state index in [1.165, 1.54) is 4.88 Å². The molecule has 0 radical (unpaired) electrons. The zero-order valence-electron chi connectivity index (χ0n) is 10.5. The molecule has 1 unspecified atom stereocenters. The highest BCUT2D eigenvalue weighted by molar-refractivity contribution is 7.09. The molecule has 0 aromatic carbocycles. The highest BCUT2D eigenvalue weighted by atomic mass is 32.1. The summed E-state index contributed by atoms with van der Waals surface area (Å²) in [6, 6.07) is 4.87. The van der Waals surface area contributed by atoms with E-state index in [0.717, 1.165) is 26.0 Å². The maximum Gasteiger partial charge on any atom is 0.0518 e. The Morgan fingerprint density at radius 3 is 2.81 bits per heavy atom. The summed E-state index contributed by atoms with van der Waals surface area (Å²) in [5, 5.41) is 5.66. The molecular weight excluding hydrogens is 218 g/mol. The molecule has 0 amide bonds. The van der Waals surface area contributed by atoms with Crippen molar-refractivity contribution in [1.82, 2.24) is 5.32 Å². The van der Waals surface area contributed by atoms with Gasteiger partial charge in [0.1, 0.15) is 0 Å². The number of nitrogens with one attached hydrogen (secondary N) is 1. The molecule has 1 N–H and O–H groups in total. The second-order valence-electron chi connectivity index (χ2n) is 4.41. The zero-order valence-corrected chi connectivity index (χ0v) is 11.3. The van der Waals surface area contributed by atoms with Gasteiger partial charge < -0.3 is 10.1 Å². The van der Waals surface area contributed by atoms with Gasteiger partial charge in [0.2, 0.25) is 0 Å². The fourth-order valence-corrected chi connectivity index (χ4v) is 2.38. The average Bonchev–Trinajstić information content (AvgIpc) is 2.69. The molecular formula is C13H23NOS. The minimum absolute atomic E-state index is 0.351. The van der Waals surface area contributed by atoms with Crippen molar-refractivity contribution in [3.8, 4) is 0 Å². The van der Waals surface area contributed by atoms with Gasteiger partial charge in [-0.05, 0) is 51.6 Å². The molecule has 1 heterocycles. The van der Waals surface area contributed by atoms with E-state index in [0.29, 0.717) is 12.1 Å². The van der Waals surface area contributed by atoms with Gasteiger partial charge in [0.15, 0.2) is 0 Å². The smallest absolute Gasteiger partial charge is 0.0518 e. The summed E-state index contributed by atoms with van der Waals surface area (Å²) in [6.07, 6.45) is 2.57. The van der Waals surface area contributed by atoms with Gasteiger partial charge in [0.05, 0.1) is 6.10 Å². The second-order valence-corrected chi connectivity index (χ2v) is 5.44. The summed E-state index contributed by atoms with van der Waals surface area (Å²) in [5.74, 6) is 0. The van der Waals surface area contributed by atoms with Crippen molar-refractivity contribution in [2.45, 2.75) is 45.8 Å². The van der Waals surface area contributed by atoms with Gasteiger partial charge in [-0.25, -0.2) is 0 Å². The molecule has 1 aromatic heterocycles. The lowest BCUT2D eigenvalue weighted by Gasteiger charge is -2.13. The van der Waals surface area contributed by atoms with Gasteiger partial charge >= 0.3 is 0 Å². The minimum atomic E-state index is 0.351. The van der Waals surface area contributed by atoms with Crippen LogP contribution >= 0.6 is 11.3 Å². The first-order chi connectivity index (χ1) is 7.68. The summed E-state index contributed by atoms with van der Waals surface area (Å²) < 4.78 is 5.49. The molecule has 16 heavy (non-hydrogen) atoms. The molecule has 0 bridgehead atoms. The van der Waals surface area contributed by atoms with Crippen LogP contribution in [0.5, 0.6) is 0 Å². The molecule has 0 saturated carbocycles. The average molecular weight is 241 g/mol. The first-order valence-corrected chi connectivity index (χ1v) is 6.94. The van der Waals surface area contributed by atoms with Gasteiger partial charge in [-0.15, -0.1) is 11.3 Å². The predicted molar refractivity (Wildman–Crippen MR) is 71.2 cm³/mol. The summed E-state index contributed by atoms with van der Waals surface area (Å²) in [6.45, 7) is 8.29. The van der Waals surface area contributed by atoms with Gasteiger partial charge in [-0.1, -0.05) is 6.07 Å². The molecule has 3 heteroatoms. The summed E-state index contributed by atoms with van der Waals surface area (Å²) >= 11 is 1.83. The van der Waals surface area contributed by atoms with E-state index in [1.807, 2.05) is 11.3 Å². The Kier molecular flexibility index (Phi) is 6.69. The van der Waals surface area contributed by atoms with Crippen LogP contribution in [-0.2, 0) is 11.2 Å². The van der Waals surface area contributed by atoms with Gasteiger partial charge in [0, 0.05) is 17.5 Å². The Morgan fingerprint density at radius 2 is 2.19 bits per heavy atom. The highest BCUT2D eigenvalue weighted by Crippen LogP contribution is 2.10.